The summed E-state index contributed by atoms with van der Waals surface area (Å²) >= 11 is 0. The lowest BCUT2D eigenvalue weighted by Gasteiger charge is -2.21. The zero-order valence-electron chi connectivity index (χ0n) is 11.9. The number of aryl methyl sites for hydroxylation is 1. The van der Waals surface area contributed by atoms with Crippen molar-refractivity contribution in [2.75, 3.05) is 0 Å². The molecular weight excluding hydrogens is 252 g/mol. The molecule has 0 bridgehead atoms. The number of nitrogens with zero attached hydrogens (tertiary/aromatic N) is 1. The van der Waals surface area contributed by atoms with Gasteiger partial charge in [0.05, 0.1) is 17.3 Å². The third-order valence-corrected chi connectivity index (χ3v) is 4.38. The van der Waals surface area contributed by atoms with Crippen molar-refractivity contribution in [3.8, 4) is 0 Å². The van der Waals surface area contributed by atoms with Gasteiger partial charge >= 0.3 is 0 Å². The minimum absolute atomic E-state index is 0.0789. The Kier molecular flexibility index (Phi) is 2.89. The number of hydrogen-bond donors (Lipinski definition) is 1. The molecule has 20 heavy (non-hydrogen) atoms. The Bertz CT molecular complexity index is 761. The Hall–Kier alpha value is -2.10. The van der Waals surface area contributed by atoms with E-state index in [-0.39, 0.29) is 17.4 Å². The predicted octanol–water partition coefficient (Wildman–Crippen LogP) is 2.37. The summed E-state index contributed by atoms with van der Waals surface area (Å²) < 4.78 is 1.99. The van der Waals surface area contributed by atoms with Crippen molar-refractivity contribution in [3.63, 3.8) is 0 Å². The van der Waals surface area contributed by atoms with Gasteiger partial charge in [-0.05, 0) is 18.1 Å². The Morgan fingerprint density at radius 3 is 2.70 bits per heavy atom. The molecule has 2 heterocycles. The summed E-state index contributed by atoms with van der Waals surface area (Å²) in [5.41, 5.74) is 1.86. The van der Waals surface area contributed by atoms with Crippen LogP contribution in [-0.4, -0.2) is 10.5 Å². The highest BCUT2D eigenvalue weighted by Gasteiger charge is 2.36. The van der Waals surface area contributed by atoms with Crippen molar-refractivity contribution < 1.29 is 4.79 Å². The summed E-state index contributed by atoms with van der Waals surface area (Å²) in [5, 5.41) is 3.57. The monoisotopic (exact) mass is 270 g/mol. The van der Waals surface area contributed by atoms with E-state index in [1.54, 1.807) is 6.07 Å². The van der Waals surface area contributed by atoms with Crippen LogP contribution < -0.4 is 10.7 Å². The normalized spacial score (nSPS) is 18.9. The Morgan fingerprint density at radius 2 is 2.00 bits per heavy atom. The molecule has 1 unspecified atom stereocenters. The molecule has 2 atom stereocenters. The zero-order valence-corrected chi connectivity index (χ0v) is 11.9. The van der Waals surface area contributed by atoms with Gasteiger partial charge in [-0.1, -0.05) is 32.4 Å². The fourth-order valence-electron chi connectivity index (χ4n) is 3.02. The number of aromatic nitrogens is 1. The Balaban J connectivity index is 2.40. The van der Waals surface area contributed by atoms with Crippen LogP contribution in [0.5, 0.6) is 0 Å². The molecular formula is C16H18N2O2. The highest BCUT2D eigenvalue weighted by atomic mass is 16.2. The van der Waals surface area contributed by atoms with Crippen molar-refractivity contribution in [3.05, 3.63) is 45.7 Å². The van der Waals surface area contributed by atoms with E-state index in [9.17, 15) is 9.59 Å². The maximum absolute atomic E-state index is 12.6. The molecule has 1 N–H and O–H groups in total. The lowest BCUT2D eigenvalue weighted by atomic mass is 9.95. The summed E-state index contributed by atoms with van der Waals surface area (Å²) in [6.07, 6.45) is 0.950. The molecule has 0 radical (unpaired) electrons. The minimum atomic E-state index is -0.239. The van der Waals surface area contributed by atoms with Gasteiger partial charge in [-0.2, -0.15) is 0 Å². The summed E-state index contributed by atoms with van der Waals surface area (Å²) in [5.74, 6) is 0.0589. The summed E-state index contributed by atoms with van der Waals surface area (Å²) in [6.45, 7) is 4.19. The second-order valence-electron chi connectivity index (χ2n) is 5.50. The van der Waals surface area contributed by atoms with E-state index in [4.69, 9.17) is 0 Å². The van der Waals surface area contributed by atoms with E-state index >= 15 is 0 Å². The number of benzene rings is 1. The van der Waals surface area contributed by atoms with Crippen LogP contribution in [0.4, 0.5) is 0 Å². The number of hydrogen-bond acceptors (Lipinski definition) is 2. The van der Waals surface area contributed by atoms with Gasteiger partial charge in [0.1, 0.15) is 5.56 Å². The lowest BCUT2D eigenvalue weighted by Crippen LogP contribution is -2.25. The Labute approximate surface area is 117 Å². The van der Waals surface area contributed by atoms with Crippen molar-refractivity contribution >= 4 is 16.8 Å². The lowest BCUT2D eigenvalue weighted by molar-refractivity contribution is 0.0946. The molecule has 1 aliphatic rings. The third kappa shape index (κ3) is 1.60. The van der Waals surface area contributed by atoms with E-state index in [1.807, 2.05) is 29.8 Å². The molecule has 3 rings (SSSR count). The molecule has 0 saturated carbocycles. The first-order valence-electron chi connectivity index (χ1n) is 6.98. The van der Waals surface area contributed by atoms with E-state index < -0.39 is 0 Å². The first-order valence-corrected chi connectivity index (χ1v) is 6.98. The largest absolute Gasteiger partial charge is 0.345 e. The average Bonchev–Trinajstić information content (AvgIpc) is 2.82. The first-order chi connectivity index (χ1) is 9.56. The highest BCUT2D eigenvalue weighted by Crippen LogP contribution is 2.32. The third-order valence-electron chi connectivity index (χ3n) is 4.38. The van der Waals surface area contributed by atoms with Crippen LogP contribution in [0.1, 0.15) is 42.4 Å². The number of pyridine rings is 1. The molecule has 104 valence electrons. The molecule has 1 aromatic heterocycles. The topological polar surface area (TPSA) is 51.1 Å². The SMILES string of the molecule is CCC(C)[C@@H]1NC(=O)c2c1n(C)c1ccccc1c2=O. The number of nitrogens with one attached hydrogen (secondary N) is 1. The molecule has 4 heteroatoms. The fourth-order valence-corrected chi connectivity index (χ4v) is 3.02. The van der Waals surface area contributed by atoms with Gasteiger partial charge in [0.25, 0.3) is 5.91 Å². The standard InChI is InChI=1S/C16H18N2O2/c1-4-9(2)13-14-12(16(20)17-13)15(19)10-7-5-6-8-11(10)18(14)3/h5-9,13H,4H2,1-3H3,(H,17,20)/t9?,13-/m0/s1. The number of amides is 1. The van der Waals surface area contributed by atoms with Crippen LogP contribution in [0.2, 0.25) is 0 Å². The smallest absolute Gasteiger partial charge is 0.257 e. The van der Waals surface area contributed by atoms with E-state index in [1.165, 1.54) is 0 Å². The predicted molar refractivity (Wildman–Crippen MR) is 78.9 cm³/mol. The molecule has 0 saturated heterocycles. The van der Waals surface area contributed by atoms with Gasteiger partial charge in [0.15, 0.2) is 0 Å². The summed E-state index contributed by atoms with van der Waals surface area (Å²) in [7, 11) is 1.93. The molecule has 0 aliphatic carbocycles. The summed E-state index contributed by atoms with van der Waals surface area (Å²) in [4.78, 5) is 24.8. The van der Waals surface area contributed by atoms with Gasteiger partial charge in [-0.3, -0.25) is 9.59 Å². The highest BCUT2D eigenvalue weighted by molar-refractivity contribution is 6.01. The Morgan fingerprint density at radius 1 is 1.30 bits per heavy atom. The maximum atomic E-state index is 12.6. The van der Waals surface area contributed by atoms with Crippen LogP contribution in [0, 0.1) is 5.92 Å². The fraction of sp³-hybridized carbons (Fsp3) is 0.375. The number of rotatable bonds is 2. The number of carbonyl (C=O) groups excluding carboxylic acids is 1. The first kappa shape index (κ1) is 12.9. The number of carbonyl (C=O) groups is 1. The van der Waals surface area contributed by atoms with Crippen LogP contribution in [0.3, 0.4) is 0 Å². The molecule has 1 aromatic carbocycles. The van der Waals surface area contributed by atoms with Crippen LogP contribution in [0.15, 0.2) is 29.1 Å². The molecule has 1 aliphatic heterocycles. The van der Waals surface area contributed by atoms with Gasteiger partial charge in [-0.25, -0.2) is 0 Å². The van der Waals surface area contributed by atoms with E-state index in [2.05, 4.69) is 19.2 Å². The zero-order chi connectivity index (χ0) is 14.4. The van der Waals surface area contributed by atoms with Crippen molar-refractivity contribution in [2.45, 2.75) is 26.3 Å². The van der Waals surface area contributed by atoms with Crippen LogP contribution in [0.25, 0.3) is 10.9 Å². The van der Waals surface area contributed by atoms with Crippen LogP contribution >= 0.6 is 0 Å². The molecule has 0 fully saturated rings. The minimum Gasteiger partial charge on any atom is -0.345 e. The van der Waals surface area contributed by atoms with E-state index in [0.717, 1.165) is 17.6 Å². The van der Waals surface area contributed by atoms with Crippen molar-refractivity contribution in [1.82, 2.24) is 9.88 Å². The second kappa shape index (κ2) is 4.47. The molecule has 0 spiro atoms. The molecule has 2 aromatic rings. The van der Waals surface area contributed by atoms with Crippen molar-refractivity contribution in [2.24, 2.45) is 13.0 Å². The second-order valence-corrected chi connectivity index (χ2v) is 5.50. The maximum Gasteiger partial charge on any atom is 0.257 e. The molecule has 1 amide bonds. The number of fused-ring (bicyclic) bond motifs is 2. The van der Waals surface area contributed by atoms with E-state index in [0.29, 0.717) is 16.9 Å². The summed E-state index contributed by atoms with van der Waals surface area (Å²) in [6, 6.07) is 7.37. The quantitative estimate of drug-likeness (QED) is 0.910. The van der Waals surface area contributed by atoms with Gasteiger partial charge < -0.3 is 9.88 Å². The number of para-hydroxylation sites is 1. The van der Waals surface area contributed by atoms with Crippen LogP contribution in [-0.2, 0) is 7.05 Å². The van der Waals surface area contributed by atoms with Crippen molar-refractivity contribution in [1.29, 1.82) is 0 Å². The van der Waals surface area contributed by atoms with Gasteiger partial charge in [0, 0.05) is 12.4 Å². The molecule has 4 nitrogen and oxygen atoms in total. The average molecular weight is 270 g/mol. The van der Waals surface area contributed by atoms with Gasteiger partial charge in [0.2, 0.25) is 5.43 Å². The van der Waals surface area contributed by atoms with Gasteiger partial charge in [-0.15, -0.1) is 0 Å².